The number of aryl methyl sites for hydroxylation is 1. The Labute approximate surface area is 131 Å². The summed E-state index contributed by atoms with van der Waals surface area (Å²) in [7, 11) is 0. The summed E-state index contributed by atoms with van der Waals surface area (Å²) in [6.07, 6.45) is 4.61. The van der Waals surface area contributed by atoms with E-state index in [1.54, 1.807) is 0 Å². The van der Waals surface area contributed by atoms with Crippen LogP contribution in [0, 0.1) is 11.3 Å². The lowest BCUT2D eigenvalue weighted by Gasteiger charge is -2.21. The molecule has 1 N–H and O–H groups in total. The van der Waals surface area contributed by atoms with E-state index in [1.807, 2.05) is 24.3 Å². The van der Waals surface area contributed by atoms with Gasteiger partial charge in [0.1, 0.15) is 5.54 Å². The van der Waals surface area contributed by atoms with Crippen LogP contribution in [-0.2, 0) is 11.2 Å². The van der Waals surface area contributed by atoms with Crippen molar-refractivity contribution in [3.63, 3.8) is 0 Å². The highest BCUT2D eigenvalue weighted by atomic mass is 16.2. The molecule has 1 aromatic carbocycles. The molecule has 0 radical (unpaired) electrons. The minimum atomic E-state index is -0.705. The van der Waals surface area contributed by atoms with Crippen molar-refractivity contribution >= 4 is 11.7 Å². The SMILES string of the molecule is CCc1ccc(C(=O)CCC(=O)NC2(C#N)CCCC2)cc1. The largest absolute Gasteiger partial charge is 0.338 e. The molecule has 4 heteroatoms. The van der Waals surface area contributed by atoms with Gasteiger partial charge in [0.25, 0.3) is 0 Å². The van der Waals surface area contributed by atoms with E-state index in [0.717, 1.165) is 19.3 Å². The highest BCUT2D eigenvalue weighted by Crippen LogP contribution is 2.29. The molecule has 0 atom stereocenters. The highest BCUT2D eigenvalue weighted by molar-refractivity contribution is 5.98. The summed E-state index contributed by atoms with van der Waals surface area (Å²) in [5.74, 6) is -0.239. The lowest BCUT2D eigenvalue weighted by molar-refractivity contribution is -0.122. The standard InChI is InChI=1S/C18H22N2O2/c1-2-14-5-7-15(8-6-14)16(21)9-10-17(22)20-18(13-19)11-3-4-12-18/h5-8H,2-4,9-12H2,1H3,(H,20,22). The third kappa shape index (κ3) is 3.94. The van der Waals surface area contributed by atoms with Crippen molar-refractivity contribution < 1.29 is 9.59 Å². The van der Waals surface area contributed by atoms with Crippen LogP contribution in [0.5, 0.6) is 0 Å². The summed E-state index contributed by atoms with van der Waals surface area (Å²) in [6.45, 7) is 2.06. The van der Waals surface area contributed by atoms with E-state index in [1.165, 1.54) is 5.56 Å². The molecule has 0 saturated heterocycles. The lowest BCUT2D eigenvalue weighted by Crippen LogP contribution is -2.45. The van der Waals surface area contributed by atoms with Gasteiger partial charge in [-0.25, -0.2) is 0 Å². The summed E-state index contributed by atoms with van der Waals surface area (Å²) < 4.78 is 0. The van der Waals surface area contributed by atoms with Gasteiger partial charge in [0.15, 0.2) is 5.78 Å². The van der Waals surface area contributed by atoms with E-state index in [-0.39, 0.29) is 24.5 Å². The molecule has 0 spiro atoms. The highest BCUT2D eigenvalue weighted by Gasteiger charge is 2.35. The van der Waals surface area contributed by atoms with Crippen LogP contribution in [0.3, 0.4) is 0 Å². The fourth-order valence-corrected chi connectivity index (χ4v) is 2.87. The van der Waals surface area contributed by atoms with E-state index in [2.05, 4.69) is 18.3 Å². The molecule has 1 saturated carbocycles. The van der Waals surface area contributed by atoms with Crippen LogP contribution >= 0.6 is 0 Å². The van der Waals surface area contributed by atoms with Gasteiger partial charge in [-0.05, 0) is 37.7 Å². The van der Waals surface area contributed by atoms with Crippen LogP contribution in [0.2, 0.25) is 0 Å². The first-order valence-electron chi connectivity index (χ1n) is 7.93. The molecular weight excluding hydrogens is 276 g/mol. The Morgan fingerprint density at radius 2 is 1.82 bits per heavy atom. The normalized spacial score (nSPS) is 16.0. The van der Waals surface area contributed by atoms with Crippen LogP contribution in [0.1, 0.15) is 61.4 Å². The molecule has 1 aliphatic carbocycles. The number of ketones is 1. The fraction of sp³-hybridized carbons (Fsp3) is 0.500. The molecule has 1 fully saturated rings. The first-order chi connectivity index (χ1) is 10.6. The predicted octanol–water partition coefficient (Wildman–Crippen LogP) is 3.16. The summed E-state index contributed by atoms with van der Waals surface area (Å²) in [5, 5.41) is 12.1. The van der Waals surface area contributed by atoms with Gasteiger partial charge in [0, 0.05) is 18.4 Å². The zero-order valence-electron chi connectivity index (χ0n) is 13.0. The summed E-state index contributed by atoms with van der Waals surface area (Å²) in [4.78, 5) is 24.1. The molecule has 1 aromatic rings. The molecule has 0 bridgehead atoms. The van der Waals surface area contributed by atoms with Gasteiger partial charge in [-0.3, -0.25) is 9.59 Å². The lowest BCUT2D eigenvalue weighted by atomic mass is 9.99. The molecule has 0 aromatic heterocycles. The van der Waals surface area contributed by atoms with Gasteiger partial charge in [-0.1, -0.05) is 31.2 Å². The Kier molecular flexibility index (Phi) is 5.32. The smallest absolute Gasteiger partial charge is 0.221 e. The second-order valence-corrected chi connectivity index (χ2v) is 5.92. The summed E-state index contributed by atoms with van der Waals surface area (Å²) in [5.41, 5.74) is 1.12. The van der Waals surface area contributed by atoms with Gasteiger partial charge < -0.3 is 5.32 Å². The van der Waals surface area contributed by atoms with Gasteiger partial charge in [-0.2, -0.15) is 5.26 Å². The third-order valence-electron chi connectivity index (χ3n) is 4.31. The van der Waals surface area contributed by atoms with Gasteiger partial charge >= 0.3 is 0 Å². The molecule has 4 nitrogen and oxygen atoms in total. The molecule has 0 unspecified atom stereocenters. The molecule has 2 rings (SSSR count). The number of benzene rings is 1. The van der Waals surface area contributed by atoms with E-state index in [4.69, 9.17) is 0 Å². The molecule has 0 heterocycles. The van der Waals surface area contributed by atoms with Crippen molar-refractivity contribution in [2.24, 2.45) is 0 Å². The third-order valence-corrected chi connectivity index (χ3v) is 4.31. The van der Waals surface area contributed by atoms with E-state index in [0.29, 0.717) is 18.4 Å². The Morgan fingerprint density at radius 1 is 1.18 bits per heavy atom. The number of hydrogen-bond donors (Lipinski definition) is 1. The Morgan fingerprint density at radius 3 is 2.36 bits per heavy atom. The number of carbonyl (C=O) groups excluding carboxylic acids is 2. The van der Waals surface area contributed by atoms with Crippen molar-refractivity contribution in [3.05, 3.63) is 35.4 Å². The van der Waals surface area contributed by atoms with Crippen molar-refractivity contribution in [1.82, 2.24) is 5.32 Å². The van der Waals surface area contributed by atoms with E-state index >= 15 is 0 Å². The zero-order valence-corrected chi connectivity index (χ0v) is 13.0. The number of nitrogens with zero attached hydrogens (tertiary/aromatic N) is 1. The second-order valence-electron chi connectivity index (χ2n) is 5.92. The van der Waals surface area contributed by atoms with E-state index in [9.17, 15) is 14.9 Å². The second kappa shape index (κ2) is 7.22. The molecular formula is C18H22N2O2. The average molecular weight is 298 g/mol. The van der Waals surface area contributed by atoms with Crippen molar-refractivity contribution in [1.29, 1.82) is 5.26 Å². The molecule has 22 heavy (non-hydrogen) atoms. The van der Waals surface area contributed by atoms with Crippen molar-refractivity contribution in [3.8, 4) is 6.07 Å². The molecule has 1 amide bonds. The monoisotopic (exact) mass is 298 g/mol. The molecule has 116 valence electrons. The quantitative estimate of drug-likeness (QED) is 0.820. The number of amides is 1. The van der Waals surface area contributed by atoms with E-state index < -0.39 is 5.54 Å². The van der Waals surface area contributed by atoms with Gasteiger partial charge in [0.05, 0.1) is 6.07 Å². The zero-order chi connectivity index (χ0) is 16.0. The van der Waals surface area contributed by atoms with Crippen molar-refractivity contribution in [2.75, 3.05) is 0 Å². The van der Waals surface area contributed by atoms with Gasteiger partial charge in [-0.15, -0.1) is 0 Å². The van der Waals surface area contributed by atoms with Crippen LogP contribution in [0.25, 0.3) is 0 Å². The predicted molar refractivity (Wildman–Crippen MR) is 84.3 cm³/mol. The first kappa shape index (κ1) is 16.2. The minimum absolute atomic E-state index is 0.0322. The van der Waals surface area contributed by atoms with Crippen LogP contribution in [-0.4, -0.2) is 17.2 Å². The summed E-state index contributed by atoms with van der Waals surface area (Å²) in [6, 6.07) is 9.73. The number of Topliss-reactive ketones (excluding diaryl/α,β-unsaturated/α-hetero) is 1. The van der Waals surface area contributed by atoms with Crippen LogP contribution in [0.4, 0.5) is 0 Å². The van der Waals surface area contributed by atoms with Crippen molar-refractivity contribution in [2.45, 2.75) is 57.4 Å². The Balaban J connectivity index is 1.85. The fourth-order valence-electron chi connectivity index (χ4n) is 2.87. The molecule has 0 aliphatic heterocycles. The van der Waals surface area contributed by atoms with Crippen LogP contribution < -0.4 is 5.32 Å². The molecule has 1 aliphatic rings. The number of nitrogens with one attached hydrogen (secondary N) is 1. The minimum Gasteiger partial charge on any atom is -0.338 e. The van der Waals surface area contributed by atoms with Crippen LogP contribution in [0.15, 0.2) is 24.3 Å². The van der Waals surface area contributed by atoms with Gasteiger partial charge in [0.2, 0.25) is 5.91 Å². The number of nitriles is 1. The Hall–Kier alpha value is -2.15. The average Bonchev–Trinajstić information content (AvgIpc) is 3.01. The number of carbonyl (C=O) groups is 2. The topological polar surface area (TPSA) is 70.0 Å². The Bertz CT molecular complexity index is 578. The maximum Gasteiger partial charge on any atom is 0.221 e. The maximum absolute atomic E-state index is 12.1. The maximum atomic E-state index is 12.1. The first-order valence-corrected chi connectivity index (χ1v) is 7.93. The number of rotatable bonds is 6. The number of hydrogen-bond acceptors (Lipinski definition) is 3. The summed E-state index contributed by atoms with van der Waals surface area (Å²) >= 11 is 0.